The van der Waals surface area contributed by atoms with Crippen LogP contribution in [0.25, 0.3) is 0 Å². The van der Waals surface area contributed by atoms with Crippen LogP contribution in [-0.4, -0.2) is 45.9 Å². The zero-order valence-corrected chi connectivity index (χ0v) is 21.5. The van der Waals surface area contributed by atoms with Crippen LogP contribution in [-0.2, 0) is 14.3 Å². The number of hydrogen-bond donors (Lipinski definition) is 2. The maximum atomic E-state index is 14.6. The second-order valence-electron chi connectivity index (χ2n) is 9.87. The summed E-state index contributed by atoms with van der Waals surface area (Å²) in [6.07, 6.45) is -0.0425. The first kappa shape index (κ1) is 27.3. The molecule has 11 heteroatoms. The lowest BCUT2D eigenvalue weighted by atomic mass is 9.86. The predicted octanol–water partition coefficient (Wildman–Crippen LogP) is 5.57. The maximum Gasteiger partial charge on any atom is 0.413 e. The molecular formula is C25H29ClF2N4O4. The first-order valence-corrected chi connectivity index (χ1v) is 11.8. The van der Waals surface area contributed by atoms with Gasteiger partial charge in [0.05, 0.1) is 17.9 Å². The number of pyridine rings is 1. The monoisotopic (exact) mass is 522 g/mol. The molecule has 1 aliphatic heterocycles. The molecule has 8 nitrogen and oxygen atoms in total. The quantitative estimate of drug-likeness (QED) is 0.513. The summed E-state index contributed by atoms with van der Waals surface area (Å²) < 4.78 is 34.3. The maximum absolute atomic E-state index is 14.6. The Hall–Kier alpha value is -3.27. The van der Waals surface area contributed by atoms with Crippen LogP contribution >= 0.6 is 11.6 Å². The number of carbonyl (C=O) groups is 3. The Bertz CT molecular complexity index is 1170. The van der Waals surface area contributed by atoms with Gasteiger partial charge in [0.15, 0.2) is 0 Å². The second-order valence-corrected chi connectivity index (χ2v) is 10.3. The van der Waals surface area contributed by atoms with Gasteiger partial charge in [0.2, 0.25) is 0 Å². The third kappa shape index (κ3) is 6.69. The van der Waals surface area contributed by atoms with Crippen molar-refractivity contribution in [3.8, 4) is 0 Å². The molecule has 0 radical (unpaired) electrons. The summed E-state index contributed by atoms with van der Waals surface area (Å²) in [5.41, 5.74) is 0.445. The van der Waals surface area contributed by atoms with Gasteiger partial charge in [0.1, 0.15) is 11.4 Å². The number of carbonyl (C=O) groups excluding carboxylic acids is 3. The van der Waals surface area contributed by atoms with Crippen LogP contribution in [0.15, 0.2) is 36.5 Å². The third-order valence-corrected chi connectivity index (χ3v) is 5.91. The molecule has 3 amide bonds. The lowest BCUT2D eigenvalue weighted by Crippen LogP contribution is -2.52. The Labute approximate surface area is 213 Å². The predicted molar refractivity (Wildman–Crippen MR) is 132 cm³/mol. The molecule has 2 atom stereocenters. The number of piperidine rings is 1. The summed E-state index contributed by atoms with van der Waals surface area (Å²) in [7, 11) is 0. The molecular weight excluding hydrogens is 494 g/mol. The molecule has 194 valence electrons. The van der Waals surface area contributed by atoms with Crippen molar-refractivity contribution in [2.24, 2.45) is 5.92 Å². The number of rotatable bonds is 3. The smallest absolute Gasteiger partial charge is 0.413 e. The van der Waals surface area contributed by atoms with Crippen molar-refractivity contribution >= 4 is 41.0 Å². The molecule has 1 fully saturated rings. The van der Waals surface area contributed by atoms with E-state index in [0.29, 0.717) is 16.1 Å². The van der Waals surface area contributed by atoms with E-state index in [9.17, 15) is 23.2 Å². The number of nitrogens with zero attached hydrogens (tertiary/aromatic N) is 2. The third-order valence-electron chi connectivity index (χ3n) is 5.68. The number of aryl methyl sites for hydroxylation is 1. The number of alkyl halides is 2. The van der Waals surface area contributed by atoms with Gasteiger partial charge in [-0.1, -0.05) is 30.7 Å². The van der Waals surface area contributed by atoms with Crippen LogP contribution in [0.5, 0.6) is 0 Å². The summed E-state index contributed by atoms with van der Waals surface area (Å²) in [6, 6.07) is 6.83. The highest BCUT2D eigenvalue weighted by Gasteiger charge is 2.48. The molecule has 0 bridgehead atoms. The van der Waals surface area contributed by atoms with Gasteiger partial charge in [0, 0.05) is 23.9 Å². The lowest BCUT2D eigenvalue weighted by Gasteiger charge is -2.42. The van der Waals surface area contributed by atoms with E-state index >= 15 is 0 Å². The molecule has 3 rings (SSSR count). The van der Waals surface area contributed by atoms with Crippen LogP contribution in [0, 0.1) is 12.8 Å². The summed E-state index contributed by atoms with van der Waals surface area (Å²) in [4.78, 5) is 43.2. The average Bonchev–Trinajstić information content (AvgIpc) is 2.75. The average molecular weight is 523 g/mol. The highest BCUT2D eigenvalue weighted by Crippen LogP contribution is 2.43. The highest BCUT2D eigenvalue weighted by atomic mass is 35.5. The number of ether oxygens (including phenoxy) is 1. The fourth-order valence-corrected chi connectivity index (χ4v) is 4.05. The van der Waals surface area contributed by atoms with Crippen LogP contribution in [0.3, 0.4) is 0 Å². The summed E-state index contributed by atoms with van der Waals surface area (Å²) in [5.74, 6) is -5.86. The van der Waals surface area contributed by atoms with Crippen molar-refractivity contribution in [3.05, 3.63) is 52.7 Å². The number of amides is 3. The summed E-state index contributed by atoms with van der Waals surface area (Å²) >= 11 is 6.04. The van der Waals surface area contributed by atoms with E-state index in [1.54, 1.807) is 45.9 Å². The Morgan fingerprint density at radius 3 is 2.50 bits per heavy atom. The van der Waals surface area contributed by atoms with Gasteiger partial charge in [0.25, 0.3) is 5.92 Å². The van der Waals surface area contributed by atoms with E-state index < -0.39 is 47.8 Å². The van der Waals surface area contributed by atoms with Crippen molar-refractivity contribution in [2.75, 3.05) is 17.2 Å². The van der Waals surface area contributed by atoms with Crippen LogP contribution in [0.4, 0.5) is 25.1 Å². The highest BCUT2D eigenvalue weighted by molar-refractivity contribution is 6.39. The Morgan fingerprint density at radius 2 is 1.89 bits per heavy atom. The fourth-order valence-electron chi connectivity index (χ4n) is 3.85. The Morgan fingerprint density at radius 1 is 1.19 bits per heavy atom. The molecule has 2 heterocycles. The van der Waals surface area contributed by atoms with Gasteiger partial charge < -0.3 is 15.0 Å². The first-order valence-electron chi connectivity index (χ1n) is 11.4. The standard InChI is InChI=1S/C25H29ClF2N4O4/c1-14-9-18(12-29-20(14)31-23(35)36-24(3,4)5)30-21(33)22(34)32-13-15(2)25(27,28)11-19(32)16-7-6-8-17(26)10-16/h6-10,12,15,19H,11,13H2,1-5H3,(H,30,33)(H,29,31,35)/t15-,19+/m0/s1. The second kappa shape index (κ2) is 10.4. The normalized spacial score (nSPS) is 19.4. The molecule has 1 aliphatic rings. The van der Waals surface area contributed by atoms with Gasteiger partial charge >= 0.3 is 17.9 Å². The molecule has 1 aromatic heterocycles. The summed E-state index contributed by atoms with van der Waals surface area (Å²) in [5, 5.41) is 5.33. The van der Waals surface area contributed by atoms with E-state index in [1.165, 1.54) is 25.3 Å². The van der Waals surface area contributed by atoms with Crippen molar-refractivity contribution in [1.82, 2.24) is 9.88 Å². The lowest BCUT2D eigenvalue weighted by molar-refractivity contribution is -0.159. The molecule has 0 aliphatic carbocycles. The number of nitrogens with one attached hydrogen (secondary N) is 2. The largest absolute Gasteiger partial charge is 0.444 e. The number of aromatic nitrogens is 1. The molecule has 1 aromatic carbocycles. The molecule has 36 heavy (non-hydrogen) atoms. The van der Waals surface area contributed by atoms with Gasteiger partial charge in [-0.2, -0.15) is 0 Å². The number of anilines is 2. The van der Waals surface area contributed by atoms with E-state index in [-0.39, 0.29) is 18.1 Å². The van der Waals surface area contributed by atoms with Crippen LogP contribution in [0.2, 0.25) is 5.02 Å². The van der Waals surface area contributed by atoms with E-state index in [0.717, 1.165) is 4.90 Å². The molecule has 0 saturated carbocycles. The topological polar surface area (TPSA) is 101 Å². The van der Waals surface area contributed by atoms with Gasteiger partial charge in [-0.25, -0.2) is 18.6 Å². The minimum Gasteiger partial charge on any atom is -0.444 e. The zero-order chi connectivity index (χ0) is 26.8. The molecule has 2 N–H and O–H groups in total. The van der Waals surface area contributed by atoms with E-state index in [1.807, 2.05) is 0 Å². The molecule has 1 saturated heterocycles. The number of benzene rings is 1. The molecule has 0 spiro atoms. The molecule has 0 unspecified atom stereocenters. The number of hydrogen-bond acceptors (Lipinski definition) is 5. The number of likely N-dealkylation sites (tertiary alicyclic amines) is 1. The molecule has 2 aromatic rings. The van der Waals surface area contributed by atoms with E-state index in [4.69, 9.17) is 16.3 Å². The van der Waals surface area contributed by atoms with Crippen LogP contribution < -0.4 is 10.6 Å². The van der Waals surface area contributed by atoms with Crippen molar-refractivity contribution in [2.45, 2.75) is 58.6 Å². The minimum atomic E-state index is -3.02. The first-order chi connectivity index (χ1) is 16.7. The van der Waals surface area contributed by atoms with Gasteiger partial charge in [-0.3, -0.25) is 14.9 Å². The zero-order valence-electron chi connectivity index (χ0n) is 20.7. The SMILES string of the molecule is Cc1cc(NC(=O)C(=O)N2C[C@H](C)C(F)(F)C[C@@H]2c2cccc(Cl)c2)cnc1NC(=O)OC(C)(C)C. The summed E-state index contributed by atoms with van der Waals surface area (Å²) in [6.45, 7) is 7.88. The minimum absolute atomic E-state index is 0.204. The van der Waals surface area contributed by atoms with Gasteiger partial charge in [-0.05, 0) is 57.0 Å². The van der Waals surface area contributed by atoms with Gasteiger partial charge in [-0.15, -0.1) is 0 Å². The van der Waals surface area contributed by atoms with Crippen molar-refractivity contribution in [1.29, 1.82) is 0 Å². The van der Waals surface area contributed by atoms with Crippen LogP contribution in [0.1, 0.15) is 51.3 Å². The Balaban J connectivity index is 1.76. The number of halogens is 3. The van der Waals surface area contributed by atoms with E-state index in [2.05, 4.69) is 15.6 Å². The fraction of sp³-hybridized carbons (Fsp3) is 0.440. The Kier molecular flexibility index (Phi) is 7.88. The van der Waals surface area contributed by atoms with Crippen molar-refractivity contribution in [3.63, 3.8) is 0 Å². The van der Waals surface area contributed by atoms with Crippen molar-refractivity contribution < 1.29 is 27.9 Å².